The van der Waals surface area contributed by atoms with Crippen molar-refractivity contribution in [1.29, 1.82) is 0 Å². The molecule has 1 aromatic carbocycles. The maximum atomic E-state index is 13.3. The molecular formula is C22H24ClF3N4O3. The number of aromatic nitrogens is 1. The van der Waals surface area contributed by atoms with Crippen molar-refractivity contribution in [3.05, 3.63) is 52.7 Å². The second-order valence-corrected chi connectivity index (χ2v) is 8.01. The number of hydrogen-bond donors (Lipinski definition) is 1. The molecule has 2 aromatic rings. The van der Waals surface area contributed by atoms with Crippen LogP contribution in [0, 0.1) is 0 Å². The summed E-state index contributed by atoms with van der Waals surface area (Å²) in [6.45, 7) is 4.51. The van der Waals surface area contributed by atoms with Crippen LogP contribution in [0.15, 0.2) is 36.5 Å². The van der Waals surface area contributed by atoms with Gasteiger partial charge in [0, 0.05) is 37.8 Å². The van der Waals surface area contributed by atoms with Crippen LogP contribution in [-0.4, -0.2) is 54.5 Å². The number of carbonyl (C=O) groups is 2. The monoisotopic (exact) mass is 484 g/mol. The zero-order chi connectivity index (χ0) is 24.2. The number of ether oxygens (including phenoxy) is 1. The van der Waals surface area contributed by atoms with Crippen LogP contribution in [0.4, 0.5) is 24.7 Å². The maximum absolute atomic E-state index is 13.3. The van der Waals surface area contributed by atoms with Crippen molar-refractivity contribution in [1.82, 2.24) is 9.88 Å². The molecule has 1 fully saturated rings. The molecule has 0 aliphatic carbocycles. The minimum Gasteiger partial charge on any atom is -0.465 e. The lowest BCUT2D eigenvalue weighted by atomic mass is 10.0. The number of rotatable bonds is 6. The molecule has 2 heterocycles. The molecule has 1 aromatic heterocycles. The Morgan fingerprint density at radius 3 is 2.55 bits per heavy atom. The smallest absolute Gasteiger partial charge is 0.417 e. The highest BCUT2D eigenvalue weighted by Gasteiger charge is 2.35. The topological polar surface area (TPSA) is 74.8 Å². The Balaban J connectivity index is 1.99. The van der Waals surface area contributed by atoms with E-state index in [-0.39, 0.29) is 36.7 Å². The van der Waals surface area contributed by atoms with Crippen LogP contribution in [0.3, 0.4) is 0 Å². The molecule has 1 amide bonds. The Kier molecular flexibility index (Phi) is 7.80. The minimum atomic E-state index is -4.60. The summed E-state index contributed by atoms with van der Waals surface area (Å²) in [4.78, 5) is 31.5. The Bertz CT molecular complexity index is 1000. The number of anilines is 2. The number of piperazine rings is 1. The number of amides is 1. The van der Waals surface area contributed by atoms with Gasteiger partial charge in [-0.05, 0) is 30.7 Å². The molecule has 1 aliphatic heterocycles. The lowest BCUT2D eigenvalue weighted by Gasteiger charge is -2.42. The van der Waals surface area contributed by atoms with E-state index < -0.39 is 17.6 Å². The van der Waals surface area contributed by atoms with E-state index in [2.05, 4.69) is 10.3 Å². The van der Waals surface area contributed by atoms with Crippen molar-refractivity contribution in [3.63, 3.8) is 0 Å². The molecule has 178 valence electrons. The normalized spacial score (nSPS) is 17.0. The molecular weight excluding hydrogens is 461 g/mol. The van der Waals surface area contributed by atoms with E-state index in [1.807, 2.05) is 21.9 Å². The number of benzene rings is 1. The van der Waals surface area contributed by atoms with Gasteiger partial charge in [0.2, 0.25) is 5.91 Å². The largest absolute Gasteiger partial charge is 0.465 e. The fourth-order valence-corrected chi connectivity index (χ4v) is 3.85. The first-order valence-corrected chi connectivity index (χ1v) is 10.7. The number of pyridine rings is 1. The number of nitrogens with one attached hydrogen (secondary N) is 1. The summed E-state index contributed by atoms with van der Waals surface area (Å²) in [5, 5.41) is 3.01. The fourth-order valence-electron chi connectivity index (χ4n) is 3.72. The zero-order valence-corrected chi connectivity index (χ0v) is 18.9. The summed E-state index contributed by atoms with van der Waals surface area (Å²) in [6.07, 6.45) is -3.85. The van der Waals surface area contributed by atoms with Crippen LogP contribution >= 0.6 is 11.6 Å². The van der Waals surface area contributed by atoms with E-state index in [1.165, 1.54) is 6.92 Å². The van der Waals surface area contributed by atoms with Crippen molar-refractivity contribution in [2.24, 2.45) is 0 Å². The molecule has 1 atom stereocenters. The van der Waals surface area contributed by atoms with Gasteiger partial charge >= 0.3 is 12.1 Å². The zero-order valence-electron chi connectivity index (χ0n) is 18.2. The van der Waals surface area contributed by atoms with Gasteiger partial charge in [0.15, 0.2) is 5.82 Å². The molecule has 3 rings (SSSR count). The molecule has 1 saturated heterocycles. The SMILES string of the molecule is CCOC(=O)CN1CCN(c2ncc(C(F)(F)F)cc2NC(C)=O)C(c2ccc(Cl)cc2)C1. The second kappa shape index (κ2) is 10.4. The summed E-state index contributed by atoms with van der Waals surface area (Å²) in [7, 11) is 0. The van der Waals surface area contributed by atoms with E-state index in [0.717, 1.165) is 17.8 Å². The van der Waals surface area contributed by atoms with E-state index in [9.17, 15) is 22.8 Å². The van der Waals surface area contributed by atoms with E-state index >= 15 is 0 Å². The number of alkyl halides is 3. The standard InChI is InChI=1S/C22H24ClF3N4O3/c1-3-33-20(32)13-29-8-9-30(19(12-29)15-4-6-17(23)7-5-15)21-18(28-14(2)31)10-16(11-27-21)22(24,25)26/h4-7,10-11,19H,3,8-9,12-13H2,1-2H3,(H,28,31). The number of esters is 1. The second-order valence-electron chi connectivity index (χ2n) is 7.57. The molecule has 1 N–H and O–H groups in total. The average molecular weight is 485 g/mol. The van der Waals surface area contributed by atoms with Gasteiger partial charge in [-0.2, -0.15) is 13.2 Å². The van der Waals surface area contributed by atoms with Crippen molar-refractivity contribution >= 4 is 35.0 Å². The molecule has 1 unspecified atom stereocenters. The minimum absolute atomic E-state index is 0.0323. The van der Waals surface area contributed by atoms with Gasteiger partial charge in [0.25, 0.3) is 0 Å². The highest BCUT2D eigenvalue weighted by molar-refractivity contribution is 6.30. The van der Waals surface area contributed by atoms with Crippen LogP contribution in [0.1, 0.15) is 31.0 Å². The lowest BCUT2D eigenvalue weighted by molar-refractivity contribution is -0.144. The quantitative estimate of drug-likeness (QED) is 0.621. The Morgan fingerprint density at radius 2 is 1.94 bits per heavy atom. The first-order chi connectivity index (χ1) is 15.6. The van der Waals surface area contributed by atoms with Crippen molar-refractivity contribution in [3.8, 4) is 0 Å². The van der Waals surface area contributed by atoms with Gasteiger partial charge in [0.1, 0.15) is 0 Å². The highest BCUT2D eigenvalue weighted by atomic mass is 35.5. The first-order valence-electron chi connectivity index (χ1n) is 10.3. The number of hydrogen-bond acceptors (Lipinski definition) is 6. The number of halogens is 4. The molecule has 0 bridgehead atoms. The van der Waals surface area contributed by atoms with Gasteiger partial charge in [-0.15, -0.1) is 0 Å². The summed E-state index contributed by atoms with van der Waals surface area (Å²) < 4.78 is 44.8. The van der Waals surface area contributed by atoms with Crippen molar-refractivity contribution < 1.29 is 27.5 Å². The van der Waals surface area contributed by atoms with Gasteiger partial charge in [-0.3, -0.25) is 14.5 Å². The van der Waals surface area contributed by atoms with Gasteiger partial charge in [-0.1, -0.05) is 23.7 Å². The average Bonchev–Trinajstić information content (AvgIpc) is 2.73. The molecule has 11 heteroatoms. The fraction of sp³-hybridized carbons (Fsp3) is 0.409. The Morgan fingerprint density at radius 1 is 1.24 bits per heavy atom. The summed E-state index contributed by atoms with van der Waals surface area (Å²) in [5.74, 6) is -0.650. The third-order valence-corrected chi connectivity index (χ3v) is 5.41. The predicted molar refractivity (Wildman–Crippen MR) is 118 cm³/mol. The van der Waals surface area contributed by atoms with Crippen LogP contribution in [0.2, 0.25) is 5.02 Å². The predicted octanol–water partition coefficient (Wildman–Crippen LogP) is 4.14. The molecule has 0 saturated carbocycles. The van der Waals surface area contributed by atoms with E-state index in [1.54, 1.807) is 19.1 Å². The van der Waals surface area contributed by atoms with Crippen LogP contribution in [-0.2, 0) is 20.5 Å². The van der Waals surface area contributed by atoms with Gasteiger partial charge in [-0.25, -0.2) is 4.98 Å². The number of nitrogens with zero attached hydrogens (tertiary/aromatic N) is 3. The first kappa shape index (κ1) is 24.8. The van der Waals surface area contributed by atoms with Crippen molar-refractivity contribution in [2.75, 3.05) is 43.0 Å². The lowest BCUT2D eigenvalue weighted by Crippen LogP contribution is -2.50. The van der Waals surface area contributed by atoms with Gasteiger partial charge in [0.05, 0.1) is 30.4 Å². The third kappa shape index (κ3) is 6.35. The molecule has 1 aliphatic rings. The summed E-state index contributed by atoms with van der Waals surface area (Å²) >= 11 is 6.03. The summed E-state index contributed by atoms with van der Waals surface area (Å²) in [6, 6.07) is 7.59. The third-order valence-electron chi connectivity index (χ3n) is 5.15. The van der Waals surface area contributed by atoms with E-state index in [0.29, 0.717) is 24.7 Å². The maximum Gasteiger partial charge on any atom is 0.417 e. The van der Waals surface area contributed by atoms with Gasteiger partial charge < -0.3 is 15.0 Å². The van der Waals surface area contributed by atoms with Crippen LogP contribution < -0.4 is 10.2 Å². The Labute approximate surface area is 194 Å². The summed E-state index contributed by atoms with van der Waals surface area (Å²) in [5.41, 5.74) is -0.155. The molecule has 0 radical (unpaired) electrons. The van der Waals surface area contributed by atoms with E-state index in [4.69, 9.17) is 16.3 Å². The molecule has 0 spiro atoms. The molecule has 7 nitrogen and oxygen atoms in total. The highest BCUT2D eigenvalue weighted by Crippen LogP contribution is 2.38. The van der Waals surface area contributed by atoms with Crippen molar-refractivity contribution in [2.45, 2.75) is 26.1 Å². The van der Waals surface area contributed by atoms with Crippen LogP contribution in [0.5, 0.6) is 0 Å². The van der Waals surface area contributed by atoms with Crippen LogP contribution in [0.25, 0.3) is 0 Å². The Hall–Kier alpha value is -2.85. The number of carbonyl (C=O) groups excluding carboxylic acids is 2. The molecule has 33 heavy (non-hydrogen) atoms.